The molecule has 1 unspecified atom stereocenters. The van der Waals surface area contributed by atoms with Crippen molar-refractivity contribution in [3.63, 3.8) is 0 Å². The molecule has 0 saturated carbocycles. The molecular formula is C11H15N3. The van der Waals surface area contributed by atoms with Crippen molar-refractivity contribution >= 4 is 5.82 Å². The van der Waals surface area contributed by atoms with Gasteiger partial charge in [-0.25, -0.2) is 9.97 Å². The highest BCUT2D eigenvalue weighted by atomic mass is 15.0. The van der Waals surface area contributed by atoms with E-state index in [-0.39, 0.29) is 0 Å². The number of aryl methyl sites for hydroxylation is 1. The zero-order chi connectivity index (χ0) is 10.4. The van der Waals surface area contributed by atoms with Gasteiger partial charge in [0.05, 0.1) is 0 Å². The second-order valence-electron chi connectivity index (χ2n) is 3.15. The maximum absolute atomic E-state index is 5.27. The summed E-state index contributed by atoms with van der Waals surface area (Å²) < 4.78 is 0. The first-order valence-electron chi connectivity index (χ1n) is 4.76. The van der Waals surface area contributed by atoms with Gasteiger partial charge < -0.3 is 5.32 Å². The SMILES string of the molecule is C#CCC(CC)Nc1ccnc(C)n1. The third-order valence-corrected chi connectivity index (χ3v) is 1.99. The lowest BCUT2D eigenvalue weighted by Gasteiger charge is -2.14. The zero-order valence-electron chi connectivity index (χ0n) is 8.62. The summed E-state index contributed by atoms with van der Waals surface area (Å²) in [6.07, 6.45) is 8.72. The Balaban J connectivity index is 2.63. The van der Waals surface area contributed by atoms with Crippen molar-refractivity contribution in [3.05, 3.63) is 18.1 Å². The molecule has 0 saturated heterocycles. The molecule has 0 bridgehead atoms. The van der Waals surface area contributed by atoms with E-state index in [0.29, 0.717) is 6.04 Å². The van der Waals surface area contributed by atoms with Gasteiger partial charge in [0.2, 0.25) is 0 Å². The Morgan fingerprint density at radius 3 is 3.00 bits per heavy atom. The molecule has 3 heteroatoms. The molecule has 0 fully saturated rings. The zero-order valence-corrected chi connectivity index (χ0v) is 8.62. The van der Waals surface area contributed by atoms with Crippen molar-refractivity contribution in [2.45, 2.75) is 32.7 Å². The summed E-state index contributed by atoms with van der Waals surface area (Å²) in [5, 5.41) is 3.28. The van der Waals surface area contributed by atoms with Gasteiger partial charge in [0.1, 0.15) is 11.6 Å². The number of hydrogen-bond donors (Lipinski definition) is 1. The predicted octanol–water partition coefficient (Wildman–Crippen LogP) is 2.00. The normalized spacial score (nSPS) is 11.8. The van der Waals surface area contributed by atoms with E-state index in [1.165, 1.54) is 0 Å². The molecule has 0 aliphatic rings. The van der Waals surface area contributed by atoms with Crippen LogP contribution in [0.25, 0.3) is 0 Å². The Bertz CT molecular complexity index is 328. The first-order valence-corrected chi connectivity index (χ1v) is 4.76. The Morgan fingerprint density at radius 2 is 2.43 bits per heavy atom. The molecule has 0 aliphatic carbocycles. The van der Waals surface area contributed by atoms with Crippen molar-refractivity contribution in [1.29, 1.82) is 0 Å². The first kappa shape index (κ1) is 10.5. The fourth-order valence-corrected chi connectivity index (χ4v) is 1.19. The van der Waals surface area contributed by atoms with E-state index in [2.05, 4.69) is 28.1 Å². The van der Waals surface area contributed by atoms with Gasteiger partial charge in [0.15, 0.2) is 0 Å². The second kappa shape index (κ2) is 5.23. The number of nitrogens with one attached hydrogen (secondary N) is 1. The Labute approximate surface area is 85.0 Å². The smallest absolute Gasteiger partial charge is 0.129 e. The van der Waals surface area contributed by atoms with Gasteiger partial charge in [-0.1, -0.05) is 6.92 Å². The number of aromatic nitrogens is 2. The lowest BCUT2D eigenvalue weighted by atomic mass is 10.1. The Morgan fingerprint density at radius 1 is 1.64 bits per heavy atom. The minimum Gasteiger partial charge on any atom is -0.366 e. The summed E-state index contributed by atoms with van der Waals surface area (Å²) >= 11 is 0. The van der Waals surface area contributed by atoms with Gasteiger partial charge in [-0.3, -0.25) is 0 Å². The average Bonchev–Trinajstić information content (AvgIpc) is 2.17. The Kier molecular flexibility index (Phi) is 3.93. The number of anilines is 1. The molecule has 0 amide bonds. The van der Waals surface area contributed by atoms with Crippen LogP contribution in [0.3, 0.4) is 0 Å². The van der Waals surface area contributed by atoms with E-state index >= 15 is 0 Å². The second-order valence-corrected chi connectivity index (χ2v) is 3.15. The van der Waals surface area contributed by atoms with Crippen LogP contribution in [0, 0.1) is 19.3 Å². The van der Waals surface area contributed by atoms with E-state index in [9.17, 15) is 0 Å². The van der Waals surface area contributed by atoms with E-state index in [1.54, 1.807) is 6.20 Å². The molecule has 1 atom stereocenters. The highest BCUT2D eigenvalue weighted by Gasteiger charge is 2.04. The number of rotatable bonds is 4. The largest absolute Gasteiger partial charge is 0.366 e. The standard InChI is InChI=1S/C11H15N3/c1-4-6-10(5-2)14-11-7-8-12-9(3)13-11/h1,7-8,10H,5-6H2,2-3H3,(H,12,13,14). The molecular weight excluding hydrogens is 174 g/mol. The fraction of sp³-hybridized carbons (Fsp3) is 0.455. The summed E-state index contributed by atoms with van der Waals surface area (Å²) in [6.45, 7) is 3.97. The van der Waals surface area contributed by atoms with Gasteiger partial charge in [0.25, 0.3) is 0 Å². The van der Waals surface area contributed by atoms with Crippen LogP contribution < -0.4 is 5.32 Å². The van der Waals surface area contributed by atoms with Crippen molar-refractivity contribution in [2.24, 2.45) is 0 Å². The summed E-state index contributed by atoms with van der Waals surface area (Å²) in [5.41, 5.74) is 0. The van der Waals surface area contributed by atoms with E-state index in [0.717, 1.165) is 24.5 Å². The van der Waals surface area contributed by atoms with Crippen LogP contribution in [-0.4, -0.2) is 16.0 Å². The van der Waals surface area contributed by atoms with Crippen LogP contribution in [0.4, 0.5) is 5.82 Å². The lowest BCUT2D eigenvalue weighted by Crippen LogP contribution is -2.18. The molecule has 1 aromatic rings. The molecule has 0 aliphatic heterocycles. The van der Waals surface area contributed by atoms with Crippen molar-refractivity contribution in [1.82, 2.24) is 9.97 Å². The summed E-state index contributed by atoms with van der Waals surface area (Å²) in [5.74, 6) is 4.26. The number of hydrogen-bond acceptors (Lipinski definition) is 3. The average molecular weight is 189 g/mol. The van der Waals surface area contributed by atoms with Crippen LogP contribution in [-0.2, 0) is 0 Å². The first-order chi connectivity index (χ1) is 6.76. The van der Waals surface area contributed by atoms with E-state index in [4.69, 9.17) is 6.42 Å². The summed E-state index contributed by atoms with van der Waals surface area (Å²) in [7, 11) is 0. The van der Waals surface area contributed by atoms with Gasteiger partial charge >= 0.3 is 0 Å². The highest BCUT2D eigenvalue weighted by Crippen LogP contribution is 2.07. The van der Waals surface area contributed by atoms with Gasteiger partial charge in [-0.05, 0) is 19.4 Å². The molecule has 0 aromatic carbocycles. The number of terminal acetylenes is 1. The van der Waals surface area contributed by atoms with Crippen LogP contribution >= 0.6 is 0 Å². The summed E-state index contributed by atoms with van der Waals surface area (Å²) in [6, 6.07) is 2.15. The van der Waals surface area contributed by atoms with Crippen LogP contribution in [0.15, 0.2) is 12.3 Å². The van der Waals surface area contributed by atoms with Crippen LogP contribution in [0.2, 0.25) is 0 Å². The lowest BCUT2D eigenvalue weighted by molar-refractivity contribution is 0.710. The molecule has 14 heavy (non-hydrogen) atoms. The molecule has 1 N–H and O–H groups in total. The van der Waals surface area contributed by atoms with Crippen molar-refractivity contribution in [3.8, 4) is 12.3 Å². The van der Waals surface area contributed by atoms with Crippen molar-refractivity contribution in [2.75, 3.05) is 5.32 Å². The fourth-order valence-electron chi connectivity index (χ4n) is 1.19. The third kappa shape index (κ3) is 3.06. The number of nitrogens with zero attached hydrogens (tertiary/aromatic N) is 2. The molecule has 0 radical (unpaired) electrons. The minimum absolute atomic E-state index is 0.300. The van der Waals surface area contributed by atoms with Gasteiger partial charge in [-0.15, -0.1) is 12.3 Å². The molecule has 1 rings (SSSR count). The van der Waals surface area contributed by atoms with Crippen molar-refractivity contribution < 1.29 is 0 Å². The molecule has 3 nitrogen and oxygen atoms in total. The Hall–Kier alpha value is -1.56. The molecule has 0 spiro atoms. The summed E-state index contributed by atoms with van der Waals surface area (Å²) in [4.78, 5) is 8.28. The highest BCUT2D eigenvalue weighted by molar-refractivity contribution is 5.34. The minimum atomic E-state index is 0.300. The van der Waals surface area contributed by atoms with Crippen LogP contribution in [0.1, 0.15) is 25.6 Å². The maximum atomic E-state index is 5.27. The van der Waals surface area contributed by atoms with Crippen LogP contribution in [0.5, 0.6) is 0 Å². The van der Waals surface area contributed by atoms with E-state index < -0.39 is 0 Å². The molecule has 74 valence electrons. The quantitative estimate of drug-likeness (QED) is 0.736. The maximum Gasteiger partial charge on any atom is 0.129 e. The predicted molar refractivity (Wildman–Crippen MR) is 57.9 cm³/mol. The van der Waals surface area contributed by atoms with E-state index in [1.807, 2.05) is 13.0 Å². The topological polar surface area (TPSA) is 37.8 Å². The van der Waals surface area contributed by atoms with Gasteiger partial charge in [-0.2, -0.15) is 0 Å². The molecule has 1 heterocycles. The molecule has 1 aromatic heterocycles. The third-order valence-electron chi connectivity index (χ3n) is 1.99. The van der Waals surface area contributed by atoms with Gasteiger partial charge in [0, 0.05) is 18.7 Å². The monoisotopic (exact) mass is 189 g/mol.